The number of aromatic amines is 1. The first-order chi connectivity index (χ1) is 12.2. The van der Waals surface area contributed by atoms with Gasteiger partial charge in [0.05, 0.1) is 13.2 Å². The maximum atomic E-state index is 12.2. The number of hydrogen-bond donors (Lipinski definition) is 3. The molecule has 1 amide bonds. The van der Waals surface area contributed by atoms with Gasteiger partial charge in [-0.2, -0.15) is 0 Å². The van der Waals surface area contributed by atoms with Crippen LogP contribution < -0.4 is 15.8 Å². The molecular formula is C20H24ClN3O2. The van der Waals surface area contributed by atoms with Crippen LogP contribution in [0.2, 0.25) is 0 Å². The molecule has 0 spiro atoms. The lowest BCUT2D eigenvalue weighted by Crippen LogP contribution is -2.42. The summed E-state index contributed by atoms with van der Waals surface area (Å²) in [7, 11) is 1.64. The highest BCUT2D eigenvalue weighted by atomic mass is 35.5. The zero-order valence-electron chi connectivity index (χ0n) is 14.7. The number of carbonyl (C=O) groups is 1. The van der Waals surface area contributed by atoms with Crippen LogP contribution in [0.25, 0.3) is 10.9 Å². The lowest BCUT2D eigenvalue weighted by atomic mass is 10.0. The summed E-state index contributed by atoms with van der Waals surface area (Å²) in [6, 6.07) is 15.3. The maximum absolute atomic E-state index is 12.2. The Bertz CT molecular complexity index is 863. The first-order valence-electron chi connectivity index (χ1n) is 8.38. The number of methoxy groups -OCH3 is 1. The molecule has 0 bridgehead atoms. The first kappa shape index (κ1) is 19.8. The summed E-state index contributed by atoms with van der Waals surface area (Å²) in [5.74, 6) is 0.688. The van der Waals surface area contributed by atoms with Crippen LogP contribution in [0, 0.1) is 0 Å². The van der Waals surface area contributed by atoms with Gasteiger partial charge in [-0.25, -0.2) is 0 Å². The molecule has 0 saturated carbocycles. The monoisotopic (exact) mass is 373 g/mol. The van der Waals surface area contributed by atoms with Crippen molar-refractivity contribution in [3.05, 3.63) is 65.9 Å². The SMILES string of the molecule is COc1cccc(CCNC(=O)[C@@H](N)Cc2c[nH]c3ccccc23)c1.Cl. The number of benzene rings is 2. The van der Waals surface area contributed by atoms with E-state index in [1.54, 1.807) is 7.11 Å². The number of nitrogens with one attached hydrogen (secondary N) is 2. The minimum atomic E-state index is -0.565. The van der Waals surface area contributed by atoms with Crippen LogP contribution in [0.15, 0.2) is 54.7 Å². The quantitative estimate of drug-likeness (QED) is 0.595. The van der Waals surface area contributed by atoms with Gasteiger partial charge >= 0.3 is 0 Å². The number of carbonyl (C=O) groups excluding carboxylic acids is 1. The highest BCUT2D eigenvalue weighted by molar-refractivity contribution is 5.86. The van der Waals surface area contributed by atoms with E-state index in [1.165, 1.54) is 0 Å². The Morgan fingerprint density at radius 1 is 1.23 bits per heavy atom. The van der Waals surface area contributed by atoms with Crippen LogP contribution >= 0.6 is 12.4 Å². The molecule has 0 saturated heterocycles. The van der Waals surface area contributed by atoms with E-state index in [2.05, 4.69) is 10.3 Å². The minimum Gasteiger partial charge on any atom is -0.497 e. The Morgan fingerprint density at radius 2 is 2.04 bits per heavy atom. The highest BCUT2D eigenvalue weighted by Gasteiger charge is 2.15. The van der Waals surface area contributed by atoms with Gasteiger partial charge in [0.2, 0.25) is 5.91 Å². The van der Waals surface area contributed by atoms with Gasteiger partial charge in [-0.05, 0) is 42.2 Å². The summed E-state index contributed by atoms with van der Waals surface area (Å²) >= 11 is 0. The molecule has 3 aromatic rings. The van der Waals surface area contributed by atoms with Crippen molar-refractivity contribution < 1.29 is 9.53 Å². The van der Waals surface area contributed by atoms with E-state index in [0.717, 1.165) is 34.2 Å². The Morgan fingerprint density at radius 3 is 2.85 bits per heavy atom. The molecule has 0 aliphatic rings. The molecule has 0 fully saturated rings. The van der Waals surface area contributed by atoms with Crippen LogP contribution in [0.5, 0.6) is 5.75 Å². The molecule has 0 radical (unpaired) electrons. The molecule has 0 unspecified atom stereocenters. The average molecular weight is 374 g/mol. The number of fused-ring (bicyclic) bond motifs is 1. The fourth-order valence-corrected chi connectivity index (χ4v) is 2.92. The van der Waals surface area contributed by atoms with E-state index in [0.29, 0.717) is 13.0 Å². The number of H-pyrrole nitrogens is 1. The molecule has 1 aromatic heterocycles. The molecular weight excluding hydrogens is 350 g/mol. The maximum Gasteiger partial charge on any atom is 0.237 e. The van der Waals surface area contributed by atoms with Crippen LogP contribution in [-0.4, -0.2) is 30.6 Å². The van der Waals surface area contributed by atoms with Crippen molar-refractivity contribution in [2.24, 2.45) is 5.73 Å². The zero-order chi connectivity index (χ0) is 17.6. The molecule has 138 valence electrons. The van der Waals surface area contributed by atoms with Crippen molar-refractivity contribution in [3.63, 3.8) is 0 Å². The zero-order valence-corrected chi connectivity index (χ0v) is 15.5. The molecule has 2 aromatic carbocycles. The van der Waals surface area contributed by atoms with Crippen molar-refractivity contribution >= 4 is 29.2 Å². The summed E-state index contributed by atoms with van der Waals surface area (Å²) in [4.78, 5) is 15.5. The third kappa shape index (κ3) is 4.77. The largest absolute Gasteiger partial charge is 0.497 e. The molecule has 1 atom stereocenters. The molecule has 6 heteroatoms. The molecule has 0 aliphatic heterocycles. The Hall–Kier alpha value is -2.50. The van der Waals surface area contributed by atoms with Crippen LogP contribution in [0.1, 0.15) is 11.1 Å². The van der Waals surface area contributed by atoms with E-state index in [4.69, 9.17) is 10.5 Å². The van der Waals surface area contributed by atoms with Gasteiger partial charge in [0, 0.05) is 23.6 Å². The average Bonchev–Trinajstić information content (AvgIpc) is 3.05. The number of para-hydroxylation sites is 1. The third-order valence-corrected chi connectivity index (χ3v) is 4.30. The number of hydrogen-bond acceptors (Lipinski definition) is 3. The molecule has 4 N–H and O–H groups in total. The Balaban J connectivity index is 0.00000243. The lowest BCUT2D eigenvalue weighted by Gasteiger charge is -2.12. The first-order valence-corrected chi connectivity index (χ1v) is 8.38. The normalized spacial score (nSPS) is 11.6. The number of rotatable bonds is 7. The van der Waals surface area contributed by atoms with E-state index < -0.39 is 6.04 Å². The van der Waals surface area contributed by atoms with E-state index in [9.17, 15) is 4.79 Å². The van der Waals surface area contributed by atoms with Gasteiger partial charge < -0.3 is 20.8 Å². The number of nitrogens with two attached hydrogens (primary N) is 1. The number of ether oxygens (including phenoxy) is 1. The molecule has 3 rings (SSSR count). The Labute approximate surface area is 159 Å². The predicted octanol–water partition coefficient (Wildman–Crippen LogP) is 2.83. The van der Waals surface area contributed by atoms with Crippen LogP contribution in [-0.2, 0) is 17.6 Å². The summed E-state index contributed by atoms with van der Waals surface area (Å²) < 4.78 is 5.20. The highest BCUT2D eigenvalue weighted by Crippen LogP contribution is 2.18. The van der Waals surface area contributed by atoms with Crippen molar-refractivity contribution in [2.45, 2.75) is 18.9 Å². The number of halogens is 1. The second-order valence-corrected chi connectivity index (χ2v) is 6.06. The second-order valence-electron chi connectivity index (χ2n) is 6.06. The van der Waals surface area contributed by atoms with Gasteiger partial charge in [0.15, 0.2) is 0 Å². The van der Waals surface area contributed by atoms with Gasteiger partial charge in [-0.3, -0.25) is 4.79 Å². The van der Waals surface area contributed by atoms with Crippen molar-refractivity contribution in [3.8, 4) is 5.75 Å². The number of amides is 1. The van der Waals surface area contributed by atoms with Gasteiger partial charge in [-0.15, -0.1) is 12.4 Å². The standard InChI is InChI=1S/C20H23N3O2.ClH/c1-25-16-6-4-5-14(11-16)9-10-22-20(24)18(21)12-15-13-23-19-8-3-2-7-17(15)19;/h2-8,11,13,18,23H,9-10,12,21H2,1H3,(H,22,24);1H/t18-;/m0./s1. The third-order valence-electron chi connectivity index (χ3n) is 4.30. The van der Waals surface area contributed by atoms with E-state index >= 15 is 0 Å². The van der Waals surface area contributed by atoms with Gasteiger partial charge in [0.1, 0.15) is 5.75 Å². The molecule has 0 aliphatic carbocycles. The predicted molar refractivity (Wildman–Crippen MR) is 107 cm³/mol. The second kappa shape index (κ2) is 9.27. The van der Waals surface area contributed by atoms with E-state index in [-0.39, 0.29) is 18.3 Å². The molecule has 5 nitrogen and oxygen atoms in total. The van der Waals surface area contributed by atoms with E-state index in [1.807, 2.05) is 54.7 Å². The molecule has 26 heavy (non-hydrogen) atoms. The fourth-order valence-electron chi connectivity index (χ4n) is 2.92. The Kier molecular flexibility index (Phi) is 7.06. The summed E-state index contributed by atoms with van der Waals surface area (Å²) in [5.41, 5.74) is 9.31. The topological polar surface area (TPSA) is 80.1 Å². The van der Waals surface area contributed by atoms with Crippen LogP contribution in [0.3, 0.4) is 0 Å². The summed E-state index contributed by atoms with van der Waals surface area (Å²) in [5, 5.41) is 4.03. The van der Waals surface area contributed by atoms with Crippen molar-refractivity contribution in [1.29, 1.82) is 0 Å². The van der Waals surface area contributed by atoms with Crippen LogP contribution in [0.4, 0.5) is 0 Å². The van der Waals surface area contributed by atoms with Gasteiger partial charge in [-0.1, -0.05) is 30.3 Å². The van der Waals surface area contributed by atoms with Crippen molar-refractivity contribution in [2.75, 3.05) is 13.7 Å². The minimum absolute atomic E-state index is 0. The lowest BCUT2D eigenvalue weighted by molar-refractivity contribution is -0.122. The number of aromatic nitrogens is 1. The summed E-state index contributed by atoms with van der Waals surface area (Å²) in [6.45, 7) is 0.549. The molecule has 1 heterocycles. The smallest absolute Gasteiger partial charge is 0.237 e. The summed E-state index contributed by atoms with van der Waals surface area (Å²) in [6.07, 6.45) is 3.17. The van der Waals surface area contributed by atoms with Gasteiger partial charge in [0.25, 0.3) is 0 Å². The van der Waals surface area contributed by atoms with Crippen molar-refractivity contribution in [1.82, 2.24) is 10.3 Å². The fraction of sp³-hybridized carbons (Fsp3) is 0.250.